The molecular weight excluding hydrogens is 266 g/mol. The van der Waals surface area contributed by atoms with E-state index in [0.717, 1.165) is 23.9 Å². The maximum absolute atomic E-state index is 4.83. The fraction of sp³-hybridized carbons (Fsp3) is 0.438. The third-order valence-corrected chi connectivity index (χ3v) is 4.69. The van der Waals surface area contributed by atoms with Gasteiger partial charge in [0.1, 0.15) is 0 Å². The lowest BCUT2D eigenvalue weighted by molar-refractivity contribution is 0.586. The lowest BCUT2D eigenvalue weighted by atomic mass is 10.0. The van der Waals surface area contributed by atoms with E-state index < -0.39 is 0 Å². The number of nitrogens with one attached hydrogen (secondary N) is 1. The van der Waals surface area contributed by atoms with Gasteiger partial charge in [-0.2, -0.15) is 0 Å². The molecule has 106 valence electrons. The number of benzene rings is 1. The summed E-state index contributed by atoms with van der Waals surface area (Å²) in [6.07, 6.45) is 2.38. The van der Waals surface area contributed by atoms with E-state index in [1.807, 2.05) is 0 Å². The number of hydrogen-bond donors (Lipinski definition) is 1. The summed E-state index contributed by atoms with van der Waals surface area (Å²) in [5.41, 5.74) is 3.92. The summed E-state index contributed by atoms with van der Waals surface area (Å²) in [6, 6.07) is 9.01. The van der Waals surface area contributed by atoms with Gasteiger partial charge in [0.25, 0.3) is 0 Å². The molecule has 3 nitrogen and oxygen atoms in total. The van der Waals surface area contributed by atoms with Crippen LogP contribution in [0.2, 0.25) is 0 Å². The Morgan fingerprint density at radius 1 is 1.40 bits per heavy atom. The summed E-state index contributed by atoms with van der Waals surface area (Å²) >= 11 is 1.75. The van der Waals surface area contributed by atoms with Gasteiger partial charge < -0.3 is 10.2 Å². The van der Waals surface area contributed by atoms with Crippen LogP contribution in [0, 0.1) is 0 Å². The summed E-state index contributed by atoms with van der Waals surface area (Å²) in [5.74, 6) is 0. The van der Waals surface area contributed by atoms with E-state index in [4.69, 9.17) is 4.98 Å². The molecule has 0 radical (unpaired) electrons. The quantitative estimate of drug-likeness (QED) is 0.924. The smallest absolute Gasteiger partial charge is 0.190 e. The molecule has 1 aliphatic rings. The first-order valence-electron chi connectivity index (χ1n) is 7.34. The van der Waals surface area contributed by atoms with Gasteiger partial charge in [0.15, 0.2) is 5.13 Å². The third-order valence-electron chi connectivity index (χ3n) is 3.80. The SMILES string of the molecule is CCNC(C)c1csc(N2CCCc3ccccc32)n1. The van der Waals surface area contributed by atoms with Gasteiger partial charge in [-0.15, -0.1) is 11.3 Å². The van der Waals surface area contributed by atoms with Crippen molar-refractivity contribution in [1.29, 1.82) is 0 Å². The Morgan fingerprint density at radius 3 is 3.10 bits per heavy atom. The molecule has 0 fully saturated rings. The molecule has 0 spiro atoms. The Kier molecular flexibility index (Phi) is 4.03. The maximum Gasteiger partial charge on any atom is 0.190 e. The zero-order chi connectivity index (χ0) is 13.9. The van der Waals surface area contributed by atoms with Gasteiger partial charge in [-0.05, 0) is 37.9 Å². The van der Waals surface area contributed by atoms with Crippen LogP contribution < -0.4 is 10.2 Å². The number of thiazole rings is 1. The molecule has 3 rings (SSSR count). The highest BCUT2D eigenvalue weighted by atomic mass is 32.1. The minimum atomic E-state index is 0.324. The highest BCUT2D eigenvalue weighted by molar-refractivity contribution is 7.13. The van der Waals surface area contributed by atoms with Crippen molar-refractivity contribution in [2.24, 2.45) is 0 Å². The molecule has 0 amide bonds. The van der Waals surface area contributed by atoms with Crippen molar-refractivity contribution >= 4 is 22.2 Å². The number of fused-ring (bicyclic) bond motifs is 1. The monoisotopic (exact) mass is 287 g/mol. The zero-order valence-electron chi connectivity index (χ0n) is 12.1. The Balaban J connectivity index is 1.87. The van der Waals surface area contributed by atoms with Crippen LogP contribution in [-0.2, 0) is 6.42 Å². The second kappa shape index (κ2) is 5.94. The summed E-state index contributed by atoms with van der Waals surface area (Å²) in [5, 5.41) is 6.73. The van der Waals surface area contributed by atoms with Gasteiger partial charge in [-0.3, -0.25) is 0 Å². The van der Waals surface area contributed by atoms with Crippen molar-refractivity contribution in [1.82, 2.24) is 10.3 Å². The Hall–Kier alpha value is -1.39. The topological polar surface area (TPSA) is 28.2 Å². The van der Waals surface area contributed by atoms with Gasteiger partial charge in [-0.1, -0.05) is 25.1 Å². The molecule has 2 aromatic rings. The first-order chi connectivity index (χ1) is 9.79. The first kappa shape index (κ1) is 13.6. The van der Waals surface area contributed by atoms with Crippen molar-refractivity contribution < 1.29 is 0 Å². The standard InChI is InChI=1S/C16H21N3S/c1-3-17-12(2)14-11-20-16(18-14)19-10-6-8-13-7-4-5-9-15(13)19/h4-5,7,9,11-12,17H,3,6,8,10H2,1-2H3. The minimum Gasteiger partial charge on any atom is -0.318 e. The molecule has 20 heavy (non-hydrogen) atoms. The van der Waals surface area contributed by atoms with E-state index in [-0.39, 0.29) is 0 Å². The van der Waals surface area contributed by atoms with E-state index in [2.05, 4.69) is 53.7 Å². The van der Waals surface area contributed by atoms with E-state index in [1.54, 1.807) is 11.3 Å². The van der Waals surface area contributed by atoms with Crippen LogP contribution in [0.5, 0.6) is 0 Å². The van der Waals surface area contributed by atoms with Crippen molar-refractivity contribution in [2.45, 2.75) is 32.7 Å². The first-order valence-corrected chi connectivity index (χ1v) is 8.22. The summed E-state index contributed by atoms with van der Waals surface area (Å²) in [4.78, 5) is 7.20. The number of anilines is 2. The second-order valence-electron chi connectivity index (χ2n) is 5.22. The normalized spacial score (nSPS) is 16.0. The molecule has 0 saturated heterocycles. The largest absolute Gasteiger partial charge is 0.318 e. The fourth-order valence-electron chi connectivity index (χ4n) is 2.74. The van der Waals surface area contributed by atoms with Crippen LogP contribution in [0.1, 0.15) is 37.6 Å². The molecule has 1 aliphatic heterocycles. The fourth-order valence-corrected chi connectivity index (χ4v) is 3.70. The average molecular weight is 287 g/mol. The van der Waals surface area contributed by atoms with E-state index in [0.29, 0.717) is 6.04 Å². The highest BCUT2D eigenvalue weighted by Crippen LogP contribution is 2.35. The summed E-state index contributed by atoms with van der Waals surface area (Å²) in [6.45, 7) is 6.34. The number of rotatable bonds is 4. The van der Waals surface area contributed by atoms with Crippen molar-refractivity contribution in [2.75, 3.05) is 18.0 Å². The summed E-state index contributed by atoms with van der Waals surface area (Å²) < 4.78 is 0. The molecule has 1 unspecified atom stereocenters. The van der Waals surface area contributed by atoms with Gasteiger partial charge in [0, 0.05) is 23.7 Å². The predicted molar refractivity (Wildman–Crippen MR) is 86.0 cm³/mol. The van der Waals surface area contributed by atoms with Gasteiger partial charge >= 0.3 is 0 Å². The number of nitrogens with zero attached hydrogens (tertiary/aromatic N) is 2. The number of hydrogen-bond acceptors (Lipinski definition) is 4. The molecular formula is C16H21N3S. The van der Waals surface area contributed by atoms with E-state index >= 15 is 0 Å². The average Bonchev–Trinajstić information content (AvgIpc) is 2.97. The molecule has 1 aromatic heterocycles. The number of aryl methyl sites for hydroxylation is 1. The van der Waals surface area contributed by atoms with Crippen LogP contribution in [0.3, 0.4) is 0 Å². The summed E-state index contributed by atoms with van der Waals surface area (Å²) in [7, 11) is 0. The minimum absolute atomic E-state index is 0.324. The van der Waals surface area contributed by atoms with Crippen LogP contribution in [0.4, 0.5) is 10.8 Å². The predicted octanol–water partition coefficient (Wildman–Crippen LogP) is 3.90. The molecule has 1 N–H and O–H groups in total. The molecule has 0 saturated carbocycles. The molecule has 1 atom stereocenters. The van der Waals surface area contributed by atoms with Crippen molar-refractivity contribution in [3.8, 4) is 0 Å². The molecule has 2 heterocycles. The van der Waals surface area contributed by atoms with Gasteiger partial charge in [0.2, 0.25) is 0 Å². The molecule has 4 heteroatoms. The lowest BCUT2D eigenvalue weighted by Gasteiger charge is -2.29. The Bertz CT molecular complexity index is 579. The Morgan fingerprint density at radius 2 is 2.25 bits per heavy atom. The molecule has 0 bridgehead atoms. The van der Waals surface area contributed by atoms with Crippen molar-refractivity contribution in [3.63, 3.8) is 0 Å². The van der Waals surface area contributed by atoms with Crippen LogP contribution in [0.25, 0.3) is 0 Å². The van der Waals surface area contributed by atoms with Crippen molar-refractivity contribution in [3.05, 3.63) is 40.9 Å². The van der Waals surface area contributed by atoms with Crippen LogP contribution in [0.15, 0.2) is 29.6 Å². The number of aromatic nitrogens is 1. The maximum atomic E-state index is 4.83. The molecule has 1 aromatic carbocycles. The zero-order valence-corrected chi connectivity index (χ0v) is 12.9. The van der Waals surface area contributed by atoms with E-state index in [9.17, 15) is 0 Å². The number of para-hydroxylation sites is 1. The van der Waals surface area contributed by atoms with Gasteiger partial charge in [-0.25, -0.2) is 4.98 Å². The van der Waals surface area contributed by atoms with Crippen LogP contribution >= 0.6 is 11.3 Å². The van der Waals surface area contributed by atoms with Crippen LogP contribution in [-0.4, -0.2) is 18.1 Å². The molecule has 0 aliphatic carbocycles. The lowest BCUT2D eigenvalue weighted by Crippen LogP contribution is -2.24. The highest BCUT2D eigenvalue weighted by Gasteiger charge is 2.20. The Labute approximate surface area is 124 Å². The third kappa shape index (κ3) is 2.58. The van der Waals surface area contributed by atoms with E-state index in [1.165, 1.54) is 24.1 Å². The second-order valence-corrected chi connectivity index (χ2v) is 6.05. The van der Waals surface area contributed by atoms with Gasteiger partial charge in [0.05, 0.1) is 5.69 Å².